The lowest BCUT2D eigenvalue weighted by Gasteiger charge is -2.37. The van der Waals surface area contributed by atoms with Crippen LogP contribution in [-0.2, 0) is 0 Å². The molecule has 4 rings (SSSR count). The Morgan fingerprint density at radius 3 is 2.79 bits per heavy atom. The fraction of sp³-hybridized carbons (Fsp3) is 0.391. The van der Waals surface area contributed by atoms with E-state index in [0.29, 0.717) is 25.1 Å². The van der Waals surface area contributed by atoms with Gasteiger partial charge in [0.2, 0.25) is 0 Å². The van der Waals surface area contributed by atoms with Crippen LogP contribution in [0.1, 0.15) is 45.4 Å². The van der Waals surface area contributed by atoms with Crippen molar-refractivity contribution in [1.82, 2.24) is 24.6 Å². The van der Waals surface area contributed by atoms with Crippen molar-refractivity contribution >= 4 is 17.5 Å². The number of ether oxygens (including phenoxy) is 1. The van der Waals surface area contributed by atoms with Crippen LogP contribution in [0, 0.1) is 19.8 Å². The summed E-state index contributed by atoms with van der Waals surface area (Å²) in [4.78, 5) is 35.9. The summed E-state index contributed by atoms with van der Waals surface area (Å²) >= 11 is 0. The van der Waals surface area contributed by atoms with Crippen molar-refractivity contribution in [2.45, 2.75) is 39.8 Å². The first kappa shape index (κ1) is 22.6. The maximum absolute atomic E-state index is 13.2. The smallest absolute Gasteiger partial charge is 0.387 e. The van der Waals surface area contributed by atoms with Gasteiger partial charge in [-0.05, 0) is 49.9 Å². The van der Waals surface area contributed by atoms with Crippen LogP contribution >= 0.6 is 0 Å². The maximum atomic E-state index is 13.2. The maximum Gasteiger partial charge on any atom is 0.387 e. The minimum Gasteiger partial charge on any atom is -0.432 e. The Balaban J connectivity index is 1.44. The fourth-order valence-electron chi connectivity index (χ4n) is 4.21. The van der Waals surface area contributed by atoms with Gasteiger partial charge in [-0.2, -0.15) is 8.78 Å². The summed E-state index contributed by atoms with van der Waals surface area (Å²) in [6, 6.07) is 4.31. The fourth-order valence-corrected chi connectivity index (χ4v) is 4.21. The van der Waals surface area contributed by atoms with Crippen LogP contribution in [0.15, 0.2) is 36.8 Å². The van der Waals surface area contributed by atoms with Crippen LogP contribution in [0.5, 0.6) is 5.75 Å². The summed E-state index contributed by atoms with van der Waals surface area (Å²) in [6.07, 6.45) is 5.45. The van der Waals surface area contributed by atoms with Crippen LogP contribution in [0.3, 0.4) is 0 Å². The third-order valence-electron chi connectivity index (χ3n) is 5.93. The molecule has 2 amide bonds. The number of amides is 2. The summed E-state index contributed by atoms with van der Waals surface area (Å²) in [7, 11) is 0. The monoisotopic (exact) mass is 457 g/mol. The minimum atomic E-state index is -3.05. The number of fused-ring (bicyclic) bond motifs is 1. The molecule has 0 aliphatic carbocycles. The topological polar surface area (TPSA) is 88.8 Å². The molecule has 0 radical (unpaired) electrons. The van der Waals surface area contributed by atoms with Gasteiger partial charge in [-0.15, -0.1) is 0 Å². The number of carbonyl (C=O) groups excluding carboxylic acids is 2. The Bertz CT molecular complexity index is 1200. The molecule has 0 bridgehead atoms. The zero-order valence-corrected chi connectivity index (χ0v) is 18.6. The van der Waals surface area contributed by atoms with Gasteiger partial charge in [0.05, 0.1) is 5.56 Å². The van der Waals surface area contributed by atoms with Crippen molar-refractivity contribution in [3.05, 3.63) is 59.3 Å². The third-order valence-corrected chi connectivity index (χ3v) is 5.93. The third kappa shape index (κ3) is 4.64. The van der Waals surface area contributed by atoms with E-state index in [4.69, 9.17) is 0 Å². The molecule has 2 atom stereocenters. The van der Waals surface area contributed by atoms with Gasteiger partial charge < -0.3 is 19.4 Å². The number of pyridine rings is 2. The normalized spacial score (nSPS) is 18.5. The lowest BCUT2D eigenvalue weighted by molar-refractivity contribution is -0.0504. The number of hydrogen-bond acceptors (Lipinski definition) is 5. The standard InChI is InChI=1S/C23H25F2N5O3/c1-13-9-16(12-30-15(3)10-27-20(13)30)22(32)29-8-6-17(14(2)11-29)28-21(31)19-18(33-23(24)25)5-4-7-26-19/h4-5,7,9-10,12,14,17,23H,6,8,11H2,1-3H3,(H,28,31)/t14-,17+/m0/s1. The van der Waals surface area contributed by atoms with E-state index >= 15 is 0 Å². The van der Waals surface area contributed by atoms with E-state index in [-0.39, 0.29) is 29.3 Å². The molecule has 0 saturated carbocycles. The molecule has 1 aliphatic rings. The largest absolute Gasteiger partial charge is 0.432 e. The molecule has 4 heterocycles. The van der Waals surface area contributed by atoms with Gasteiger partial charge in [-0.25, -0.2) is 9.97 Å². The molecule has 1 fully saturated rings. The molecule has 0 aromatic carbocycles. The average Bonchev–Trinajstić information content (AvgIpc) is 3.16. The molecule has 3 aromatic rings. The number of imidazole rings is 1. The van der Waals surface area contributed by atoms with E-state index in [0.717, 1.165) is 16.9 Å². The number of likely N-dealkylation sites (tertiary alicyclic amines) is 1. The highest BCUT2D eigenvalue weighted by atomic mass is 19.3. The summed E-state index contributed by atoms with van der Waals surface area (Å²) < 4.78 is 31.6. The van der Waals surface area contributed by atoms with Crippen LogP contribution in [0.2, 0.25) is 0 Å². The van der Waals surface area contributed by atoms with Crippen molar-refractivity contribution in [1.29, 1.82) is 0 Å². The van der Waals surface area contributed by atoms with Crippen molar-refractivity contribution in [3.8, 4) is 5.75 Å². The van der Waals surface area contributed by atoms with Crippen LogP contribution in [0.4, 0.5) is 8.78 Å². The van der Waals surface area contributed by atoms with Gasteiger partial charge >= 0.3 is 6.61 Å². The van der Waals surface area contributed by atoms with E-state index in [1.54, 1.807) is 17.3 Å². The number of nitrogens with zero attached hydrogens (tertiary/aromatic N) is 4. The van der Waals surface area contributed by atoms with Gasteiger partial charge in [-0.1, -0.05) is 6.92 Å². The second kappa shape index (κ2) is 9.13. The summed E-state index contributed by atoms with van der Waals surface area (Å²) in [5.41, 5.74) is 3.08. The summed E-state index contributed by atoms with van der Waals surface area (Å²) in [5.74, 6) is -0.984. The predicted octanol–water partition coefficient (Wildman–Crippen LogP) is 3.23. The molecule has 10 heteroatoms. The van der Waals surface area contributed by atoms with Crippen LogP contribution in [0.25, 0.3) is 5.65 Å². The number of aromatic nitrogens is 3. The number of aryl methyl sites for hydroxylation is 2. The molecular formula is C23H25F2N5O3. The molecule has 0 unspecified atom stereocenters. The van der Waals surface area contributed by atoms with E-state index in [2.05, 4.69) is 20.0 Å². The van der Waals surface area contributed by atoms with Crippen LogP contribution in [-0.4, -0.2) is 56.8 Å². The molecular weight excluding hydrogens is 432 g/mol. The first-order valence-electron chi connectivity index (χ1n) is 10.7. The van der Waals surface area contributed by atoms with E-state index in [9.17, 15) is 18.4 Å². The second-order valence-electron chi connectivity index (χ2n) is 8.33. The molecule has 1 saturated heterocycles. The second-order valence-corrected chi connectivity index (χ2v) is 8.33. The number of carbonyl (C=O) groups is 2. The quantitative estimate of drug-likeness (QED) is 0.636. The Kier molecular flexibility index (Phi) is 6.26. The summed E-state index contributed by atoms with van der Waals surface area (Å²) in [5, 5.41) is 2.86. The first-order chi connectivity index (χ1) is 15.7. The highest BCUT2D eigenvalue weighted by Gasteiger charge is 2.31. The average molecular weight is 457 g/mol. The van der Waals surface area contributed by atoms with Crippen molar-refractivity contribution in [2.24, 2.45) is 5.92 Å². The molecule has 8 nitrogen and oxygen atoms in total. The van der Waals surface area contributed by atoms with Gasteiger partial charge in [0, 0.05) is 43.4 Å². The number of halogens is 2. The lowest BCUT2D eigenvalue weighted by atomic mass is 9.93. The Labute approximate surface area is 189 Å². The van der Waals surface area contributed by atoms with Gasteiger partial charge in [-0.3, -0.25) is 9.59 Å². The predicted molar refractivity (Wildman–Crippen MR) is 116 cm³/mol. The SMILES string of the molecule is Cc1cc(C(=O)N2CC[C@@H](NC(=O)c3ncccc3OC(F)F)[C@@H](C)C2)cn2c(C)cnc12. The van der Waals surface area contributed by atoms with E-state index < -0.39 is 12.5 Å². The number of nitrogens with one attached hydrogen (secondary N) is 1. The molecule has 3 aromatic heterocycles. The van der Waals surface area contributed by atoms with Crippen molar-refractivity contribution in [3.63, 3.8) is 0 Å². The zero-order valence-electron chi connectivity index (χ0n) is 18.6. The first-order valence-corrected chi connectivity index (χ1v) is 10.7. The number of alkyl halides is 2. The molecule has 0 spiro atoms. The number of hydrogen-bond donors (Lipinski definition) is 1. The van der Waals surface area contributed by atoms with E-state index in [1.165, 1.54) is 18.3 Å². The van der Waals surface area contributed by atoms with Gasteiger partial charge in [0.15, 0.2) is 11.4 Å². The summed E-state index contributed by atoms with van der Waals surface area (Å²) in [6.45, 7) is 3.65. The van der Waals surface area contributed by atoms with Crippen molar-refractivity contribution < 1.29 is 23.1 Å². The molecule has 33 heavy (non-hydrogen) atoms. The number of piperidine rings is 1. The Morgan fingerprint density at radius 2 is 2.06 bits per heavy atom. The molecule has 1 N–H and O–H groups in total. The number of rotatable bonds is 5. The highest BCUT2D eigenvalue weighted by molar-refractivity contribution is 5.96. The van der Waals surface area contributed by atoms with Crippen molar-refractivity contribution in [2.75, 3.05) is 13.1 Å². The Morgan fingerprint density at radius 1 is 1.27 bits per heavy atom. The van der Waals surface area contributed by atoms with Crippen LogP contribution < -0.4 is 10.1 Å². The Hall–Kier alpha value is -3.56. The zero-order chi connectivity index (χ0) is 23.7. The van der Waals surface area contributed by atoms with Gasteiger partial charge in [0.25, 0.3) is 11.8 Å². The lowest BCUT2D eigenvalue weighted by Crippen LogP contribution is -2.51. The minimum absolute atomic E-state index is 0.0466. The van der Waals surface area contributed by atoms with E-state index in [1.807, 2.05) is 31.2 Å². The molecule has 174 valence electrons. The van der Waals surface area contributed by atoms with Gasteiger partial charge in [0.1, 0.15) is 5.65 Å². The highest BCUT2D eigenvalue weighted by Crippen LogP contribution is 2.23. The molecule has 1 aliphatic heterocycles.